The molecule has 0 aromatic carbocycles. The summed E-state index contributed by atoms with van der Waals surface area (Å²) in [5, 5.41) is 87.1. The first-order valence-corrected chi connectivity index (χ1v) is 18.0. The van der Waals surface area contributed by atoms with Crippen LogP contribution in [0.3, 0.4) is 0 Å². The molecule has 3 heterocycles. The minimum Gasteiger partial charge on any atom is -0.458 e. The van der Waals surface area contributed by atoms with E-state index in [1.807, 2.05) is 0 Å². The standard InChI is InChI=1S/C35H54O14/c1-16-29(49-31-27(41)25(39)24(38)22(14-36)48-31)26(40)28(42)30(46-16)47-18-4-8-32(2)20-5-9-33(3)19(17-12-23(37)45-15-17)7-11-35(33,44)21(20)6-10-34(32,43)13-18/h12,16,18-22,24-31,36,38-44H,4-11,13-15H2,1-3H3/t16-,18-,19+,20-,21+,22+,24+,25-,26-,27+,28+,29-,30+,31-,32+,33+,34-,35-/m0/s1. The second-order valence-electron chi connectivity index (χ2n) is 16.5. The lowest BCUT2D eigenvalue weighted by Gasteiger charge is -2.66. The monoisotopic (exact) mass is 698 g/mol. The molecule has 7 rings (SSSR count). The van der Waals surface area contributed by atoms with E-state index in [2.05, 4.69) is 13.8 Å². The van der Waals surface area contributed by atoms with Crippen molar-refractivity contribution in [1.82, 2.24) is 0 Å². The molecule has 0 bridgehead atoms. The molecule has 0 spiro atoms. The molecule has 0 radical (unpaired) electrons. The van der Waals surface area contributed by atoms with Gasteiger partial charge in [-0.25, -0.2) is 4.79 Å². The van der Waals surface area contributed by atoms with Crippen LogP contribution in [0.25, 0.3) is 0 Å². The first-order valence-electron chi connectivity index (χ1n) is 18.0. The number of esters is 1. The molecule has 0 unspecified atom stereocenters. The number of fused-ring (bicyclic) bond motifs is 5. The Morgan fingerprint density at radius 2 is 1.47 bits per heavy atom. The Morgan fingerprint density at radius 3 is 2.16 bits per heavy atom. The Morgan fingerprint density at radius 1 is 0.796 bits per heavy atom. The molecule has 0 amide bonds. The number of aliphatic hydroxyl groups excluding tert-OH is 6. The van der Waals surface area contributed by atoms with Gasteiger partial charge >= 0.3 is 5.97 Å². The predicted octanol–water partition coefficient (Wildman–Crippen LogP) is -0.605. The number of ether oxygens (including phenoxy) is 5. The van der Waals surface area contributed by atoms with Crippen LogP contribution in [-0.2, 0) is 28.5 Å². The first kappa shape index (κ1) is 36.1. The molecule has 4 saturated carbocycles. The Hall–Kier alpha value is -1.27. The normalized spacial score (nSPS) is 56.0. The van der Waals surface area contributed by atoms with Crippen LogP contribution in [-0.4, -0.2) is 139 Å². The number of cyclic esters (lactones) is 1. The van der Waals surface area contributed by atoms with E-state index in [1.54, 1.807) is 13.0 Å². The number of carbonyl (C=O) groups excluding carboxylic acids is 1. The Balaban J connectivity index is 1.00. The molecule has 49 heavy (non-hydrogen) atoms. The van der Waals surface area contributed by atoms with Gasteiger partial charge in [0.2, 0.25) is 0 Å². The SMILES string of the molecule is C[C@@H]1O[C@H](O[C@H]2CC[C@]3(C)[C@H]4CC[C@]5(C)[C@@H](C6=CC(=O)OC6)CC[C@]5(O)[C@@H]4CC[C@]3(O)C2)[C@H](O)[C@H](O)[C@H]1O[C@@H]1O[C@H](CO)[C@@H](O)[C@H](O)[C@H]1O. The fourth-order valence-electron chi connectivity index (χ4n) is 11.3. The summed E-state index contributed by atoms with van der Waals surface area (Å²) in [5.74, 6) is -0.117. The first-order chi connectivity index (χ1) is 23.1. The Labute approximate surface area is 285 Å². The average Bonchev–Trinajstić information content (AvgIpc) is 3.61. The van der Waals surface area contributed by atoms with E-state index in [-0.39, 0.29) is 29.1 Å². The predicted molar refractivity (Wildman–Crippen MR) is 167 cm³/mol. The average molecular weight is 699 g/mol. The van der Waals surface area contributed by atoms with Gasteiger partial charge in [-0.15, -0.1) is 0 Å². The molecule has 2 saturated heterocycles. The van der Waals surface area contributed by atoms with Gasteiger partial charge in [-0.2, -0.15) is 0 Å². The molecule has 6 fully saturated rings. The van der Waals surface area contributed by atoms with Gasteiger partial charge in [-0.1, -0.05) is 13.8 Å². The third kappa shape index (κ3) is 5.47. The van der Waals surface area contributed by atoms with Crippen molar-refractivity contribution in [2.75, 3.05) is 13.2 Å². The van der Waals surface area contributed by atoms with Gasteiger partial charge in [-0.05, 0) is 87.0 Å². The molecule has 14 heteroatoms. The largest absolute Gasteiger partial charge is 0.458 e. The molecule has 7 aliphatic rings. The number of rotatable bonds is 6. The summed E-state index contributed by atoms with van der Waals surface area (Å²) in [7, 11) is 0. The summed E-state index contributed by atoms with van der Waals surface area (Å²) in [6.45, 7) is 5.56. The van der Waals surface area contributed by atoms with Crippen LogP contribution in [0.15, 0.2) is 11.6 Å². The van der Waals surface area contributed by atoms with Gasteiger partial charge in [0.15, 0.2) is 12.6 Å². The van der Waals surface area contributed by atoms with Gasteiger partial charge in [0.1, 0.15) is 49.3 Å². The molecule has 278 valence electrons. The zero-order valence-electron chi connectivity index (χ0n) is 28.5. The van der Waals surface area contributed by atoms with Gasteiger partial charge in [-0.3, -0.25) is 0 Å². The highest BCUT2D eigenvalue weighted by Crippen LogP contribution is 2.70. The summed E-state index contributed by atoms with van der Waals surface area (Å²) in [4.78, 5) is 11.9. The summed E-state index contributed by atoms with van der Waals surface area (Å²) in [5.41, 5.74) is -1.86. The second-order valence-corrected chi connectivity index (χ2v) is 16.5. The molecule has 8 N–H and O–H groups in total. The Kier molecular flexibility index (Phi) is 9.36. The van der Waals surface area contributed by atoms with Crippen molar-refractivity contribution in [3.8, 4) is 0 Å². The number of carbonyl (C=O) groups is 1. The summed E-state index contributed by atoms with van der Waals surface area (Å²) in [6, 6.07) is 0. The maximum absolute atomic E-state index is 12.5. The smallest absolute Gasteiger partial charge is 0.331 e. The van der Waals surface area contributed by atoms with Crippen molar-refractivity contribution in [1.29, 1.82) is 0 Å². The van der Waals surface area contributed by atoms with E-state index in [0.29, 0.717) is 45.1 Å². The minimum absolute atomic E-state index is 0.0118. The highest BCUT2D eigenvalue weighted by atomic mass is 16.7. The van der Waals surface area contributed by atoms with Crippen LogP contribution >= 0.6 is 0 Å². The molecular weight excluding hydrogens is 644 g/mol. The molecule has 4 aliphatic carbocycles. The van der Waals surface area contributed by atoms with Crippen molar-refractivity contribution in [2.24, 2.45) is 28.6 Å². The van der Waals surface area contributed by atoms with E-state index in [1.165, 1.54) is 0 Å². The summed E-state index contributed by atoms with van der Waals surface area (Å²) >= 11 is 0. The lowest BCUT2D eigenvalue weighted by molar-refractivity contribution is -0.362. The van der Waals surface area contributed by atoms with Gasteiger partial charge < -0.3 is 64.5 Å². The molecule has 0 aromatic rings. The van der Waals surface area contributed by atoms with Crippen molar-refractivity contribution in [2.45, 2.75) is 157 Å². The highest BCUT2D eigenvalue weighted by Gasteiger charge is 2.70. The molecular formula is C35H54O14. The van der Waals surface area contributed by atoms with Crippen LogP contribution in [0.1, 0.15) is 78.6 Å². The molecule has 3 aliphatic heterocycles. The van der Waals surface area contributed by atoms with Crippen LogP contribution in [0.4, 0.5) is 0 Å². The zero-order valence-corrected chi connectivity index (χ0v) is 28.5. The zero-order chi connectivity index (χ0) is 35.3. The van der Waals surface area contributed by atoms with Crippen LogP contribution in [0.5, 0.6) is 0 Å². The quantitative estimate of drug-likeness (QED) is 0.128. The topological polar surface area (TPSA) is 225 Å². The van der Waals surface area contributed by atoms with Gasteiger partial charge in [0, 0.05) is 17.9 Å². The lowest BCUT2D eigenvalue weighted by Crippen LogP contribution is -2.68. The van der Waals surface area contributed by atoms with E-state index < -0.39 is 90.7 Å². The van der Waals surface area contributed by atoms with E-state index in [0.717, 1.165) is 24.8 Å². The molecule has 14 nitrogen and oxygen atoms in total. The van der Waals surface area contributed by atoms with Crippen LogP contribution in [0, 0.1) is 28.6 Å². The van der Waals surface area contributed by atoms with Crippen molar-refractivity contribution < 1.29 is 69.3 Å². The lowest BCUT2D eigenvalue weighted by atomic mass is 9.42. The van der Waals surface area contributed by atoms with E-state index >= 15 is 0 Å². The van der Waals surface area contributed by atoms with Crippen LogP contribution in [0.2, 0.25) is 0 Å². The second kappa shape index (κ2) is 12.7. The fraction of sp³-hybridized carbons (Fsp3) is 0.914. The van der Waals surface area contributed by atoms with E-state index in [4.69, 9.17) is 23.7 Å². The van der Waals surface area contributed by atoms with Crippen LogP contribution < -0.4 is 0 Å². The highest BCUT2D eigenvalue weighted by molar-refractivity contribution is 5.85. The maximum Gasteiger partial charge on any atom is 0.331 e. The third-order valence-electron chi connectivity index (χ3n) is 14.3. The maximum atomic E-state index is 12.5. The number of hydrogen-bond donors (Lipinski definition) is 8. The van der Waals surface area contributed by atoms with Crippen molar-refractivity contribution >= 4 is 5.97 Å². The number of aliphatic hydroxyl groups is 8. The van der Waals surface area contributed by atoms with Crippen molar-refractivity contribution in [3.63, 3.8) is 0 Å². The fourth-order valence-corrected chi connectivity index (χ4v) is 11.3. The summed E-state index contributed by atoms with van der Waals surface area (Å²) in [6.07, 6.45) is -7.14. The summed E-state index contributed by atoms with van der Waals surface area (Å²) < 4.78 is 28.6. The number of hydrogen-bond acceptors (Lipinski definition) is 14. The minimum atomic E-state index is -1.69. The van der Waals surface area contributed by atoms with Crippen molar-refractivity contribution in [3.05, 3.63) is 11.6 Å². The Bertz CT molecular complexity index is 1290. The molecule has 0 aromatic heterocycles. The molecule has 18 atom stereocenters. The van der Waals surface area contributed by atoms with E-state index in [9.17, 15) is 45.6 Å². The van der Waals surface area contributed by atoms with Gasteiger partial charge in [0.05, 0.1) is 30.0 Å². The third-order valence-corrected chi connectivity index (χ3v) is 14.3. The van der Waals surface area contributed by atoms with Gasteiger partial charge in [0.25, 0.3) is 0 Å².